The Hall–Kier alpha value is -2.78. The molecule has 32 heavy (non-hydrogen) atoms. The lowest BCUT2D eigenvalue weighted by molar-refractivity contribution is -0.124. The zero-order chi connectivity index (χ0) is 22.8. The van der Waals surface area contributed by atoms with Crippen molar-refractivity contribution < 1.29 is 27.4 Å². The van der Waals surface area contributed by atoms with E-state index in [0.29, 0.717) is 23.7 Å². The predicted octanol–water partition coefficient (Wildman–Crippen LogP) is 2.83. The number of carbonyl (C=O) groups excluding carboxylic acids is 1. The summed E-state index contributed by atoms with van der Waals surface area (Å²) in [4.78, 5) is 12.9. The molecule has 0 bridgehead atoms. The topological polar surface area (TPSA) is 103 Å². The first kappa shape index (κ1) is 22.4. The van der Waals surface area contributed by atoms with Crippen molar-refractivity contribution in [3.63, 3.8) is 0 Å². The van der Waals surface area contributed by atoms with E-state index in [4.69, 9.17) is 14.2 Å². The van der Waals surface area contributed by atoms with Crippen LogP contribution in [0.1, 0.15) is 31.2 Å². The molecule has 1 heterocycles. The minimum atomic E-state index is -3.82. The van der Waals surface area contributed by atoms with E-state index in [1.54, 1.807) is 18.2 Å². The van der Waals surface area contributed by atoms with Crippen molar-refractivity contribution in [1.29, 1.82) is 0 Å². The molecule has 2 aromatic rings. The van der Waals surface area contributed by atoms with Gasteiger partial charge in [-0.05, 0) is 55.5 Å². The first-order valence-electron chi connectivity index (χ1n) is 10.6. The summed E-state index contributed by atoms with van der Waals surface area (Å²) < 4.78 is 44.1. The number of nitrogens with one attached hydrogen (secondary N) is 2. The molecule has 0 aromatic heterocycles. The van der Waals surface area contributed by atoms with E-state index in [9.17, 15) is 13.2 Å². The van der Waals surface area contributed by atoms with Gasteiger partial charge in [0, 0.05) is 24.9 Å². The summed E-state index contributed by atoms with van der Waals surface area (Å²) in [5.74, 6) is 0.783. The van der Waals surface area contributed by atoms with Crippen molar-refractivity contribution in [1.82, 2.24) is 5.32 Å². The molecule has 1 unspecified atom stereocenters. The molecule has 1 aliphatic heterocycles. The fourth-order valence-electron chi connectivity index (χ4n) is 4.01. The normalized spacial score (nSPS) is 19.2. The molecule has 2 aliphatic rings. The molecular weight excluding hydrogens is 432 g/mol. The van der Waals surface area contributed by atoms with Gasteiger partial charge < -0.3 is 19.5 Å². The number of sulfonamides is 1. The number of amides is 1. The number of rotatable bonds is 9. The van der Waals surface area contributed by atoms with Crippen LogP contribution in [0.5, 0.6) is 11.5 Å². The summed E-state index contributed by atoms with van der Waals surface area (Å²) in [5, 5.41) is 3.02. The molecule has 0 radical (unpaired) electrons. The monoisotopic (exact) mass is 460 g/mol. The largest absolute Gasteiger partial charge is 0.493 e. The zero-order valence-electron chi connectivity index (χ0n) is 18.2. The molecule has 1 saturated carbocycles. The number of carbonyl (C=O) groups is 1. The summed E-state index contributed by atoms with van der Waals surface area (Å²) in [6.07, 6.45) is 3.67. The lowest BCUT2D eigenvalue weighted by Crippen LogP contribution is -2.39. The second-order valence-electron chi connectivity index (χ2n) is 8.13. The molecule has 1 saturated heterocycles. The van der Waals surface area contributed by atoms with Gasteiger partial charge in [-0.2, -0.15) is 0 Å². The molecule has 2 N–H and O–H groups in total. The molecule has 2 fully saturated rings. The van der Waals surface area contributed by atoms with Crippen LogP contribution in [0.25, 0.3) is 0 Å². The summed E-state index contributed by atoms with van der Waals surface area (Å²) in [6.45, 7) is 1.29. The molecule has 2 aromatic carbocycles. The highest BCUT2D eigenvalue weighted by Crippen LogP contribution is 2.48. The number of hydrogen-bond donors (Lipinski definition) is 2. The van der Waals surface area contributed by atoms with E-state index in [-0.39, 0.29) is 16.9 Å². The third-order valence-electron chi connectivity index (χ3n) is 6.05. The van der Waals surface area contributed by atoms with Crippen LogP contribution in [0.15, 0.2) is 47.4 Å². The Morgan fingerprint density at radius 2 is 1.81 bits per heavy atom. The Kier molecular flexibility index (Phi) is 6.30. The van der Waals surface area contributed by atoms with Gasteiger partial charge in [0.05, 0.1) is 30.6 Å². The van der Waals surface area contributed by atoms with Crippen molar-refractivity contribution >= 4 is 21.6 Å². The summed E-state index contributed by atoms with van der Waals surface area (Å²) >= 11 is 0. The average Bonchev–Trinajstić information content (AvgIpc) is 3.45. The number of anilines is 1. The van der Waals surface area contributed by atoms with E-state index >= 15 is 0 Å². The zero-order valence-corrected chi connectivity index (χ0v) is 19.0. The maximum Gasteiger partial charge on any atom is 0.262 e. The van der Waals surface area contributed by atoms with E-state index in [1.807, 2.05) is 12.1 Å². The van der Waals surface area contributed by atoms with Gasteiger partial charge in [-0.15, -0.1) is 0 Å². The highest BCUT2D eigenvalue weighted by molar-refractivity contribution is 7.92. The van der Waals surface area contributed by atoms with Gasteiger partial charge in [0.1, 0.15) is 0 Å². The Bertz CT molecular complexity index is 1070. The number of benzene rings is 2. The fraction of sp³-hybridized carbons (Fsp3) is 0.435. The Morgan fingerprint density at radius 3 is 2.41 bits per heavy atom. The van der Waals surface area contributed by atoms with Gasteiger partial charge in [-0.3, -0.25) is 9.52 Å². The van der Waals surface area contributed by atoms with Crippen molar-refractivity contribution in [2.45, 2.75) is 42.1 Å². The minimum absolute atomic E-state index is 0.00617. The van der Waals surface area contributed by atoms with E-state index in [1.165, 1.54) is 26.4 Å². The van der Waals surface area contributed by atoms with Gasteiger partial charge >= 0.3 is 0 Å². The van der Waals surface area contributed by atoms with Crippen LogP contribution in [0.4, 0.5) is 5.69 Å². The minimum Gasteiger partial charge on any atom is -0.493 e. The van der Waals surface area contributed by atoms with Crippen LogP contribution in [0.2, 0.25) is 0 Å². The number of hydrogen-bond acceptors (Lipinski definition) is 6. The number of ether oxygens (including phenoxy) is 3. The molecular formula is C23H28N2O6S. The lowest BCUT2D eigenvalue weighted by Gasteiger charge is -2.18. The van der Waals surface area contributed by atoms with E-state index in [0.717, 1.165) is 37.9 Å². The van der Waals surface area contributed by atoms with Crippen LogP contribution < -0.4 is 19.5 Å². The Morgan fingerprint density at radius 1 is 1.09 bits per heavy atom. The maximum atomic E-state index is 12.8. The van der Waals surface area contributed by atoms with Gasteiger partial charge in [-0.25, -0.2) is 8.42 Å². The van der Waals surface area contributed by atoms with Crippen LogP contribution in [0.3, 0.4) is 0 Å². The summed E-state index contributed by atoms with van der Waals surface area (Å²) in [7, 11) is -0.880. The van der Waals surface area contributed by atoms with Crippen LogP contribution in [0, 0.1) is 0 Å². The molecule has 1 amide bonds. The quantitative estimate of drug-likeness (QED) is 0.597. The van der Waals surface area contributed by atoms with Gasteiger partial charge in [0.25, 0.3) is 10.0 Å². The standard InChI is InChI=1S/C23H28N2O6S/c1-29-20-10-9-19(14-21(20)30-2)32(27,28)25-17-7-5-16(6-8-17)23(11-12-23)22(26)24-15-18-4-3-13-31-18/h5-10,14,18,25H,3-4,11-13,15H2,1-2H3,(H,24,26). The molecule has 1 atom stereocenters. The fourth-order valence-corrected chi connectivity index (χ4v) is 5.08. The van der Waals surface area contributed by atoms with Gasteiger partial charge in [0.15, 0.2) is 11.5 Å². The molecule has 4 rings (SSSR count). The average molecular weight is 461 g/mol. The smallest absolute Gasteiger partial charge is 0.262 e. The first-order valence-corrected chi connectivity index (χ1v) is 12.1. The second-order valence-corrected chi connectivity index (χ2v) is 9.81. The Balaban J connectivity index is 1.44. The van der Waals surface area contributed by atoms with Crippen molar-refractivity contribution in [2.75, 3.05) is 32.1 Å². The first-order chi connectivity index (χ1) is 15.4. The summed E-state index contributed by atoms with van der Waals surface area (Å²) in [6, 6.07) is 11.4. The molecule has 9 heteroatoms. The lowest BCUT2D eigenvalue weighted by atomic mass is 9.94. The second kappa shape index (κ2) is 8.99. The third kappa shape index (κ3) is 4.54. The van der Waals surface area contributed by atoms with Crippen molar-refractivity contribution in [2.24, 2.45) is 0 Å². The van der Waals surface area contributed by atoms with Crippen molar-refractivity contribution in [3.8, 4) is 11.5 Å². The van der Waals surface area contributed by atoms with Gasteiger partial charge in [-0.1, -0.05) is 12.1 Å². The number of methoxy groups -OCH3 is 2. The molecule has 0 spiro atoms. The molecule has 1 aliphatic carbocycles. The maximum absolute atomic E-state index is 12.8. The SMILES string of the molecule is COc1ccc(S(=O)(=O)Nc2ccc(C3(C(=O)NCC4CCCO4)CC3)cc2)cc1OC. The highest BCUT2D eigenvalue weighted by atomic mass is 32.2. The van der Waals surface area contributed by atoms with Crippen molar-refractivity contribution in [3.05, 3.63) is 48.0 Å². The van der Waals surface area contributed by atoms with E-state index in [2.05, 4.69) is 10.0 Å². The van der Waals surface area contributed by atoms with Crippen LogP contribution in [-0.2, 0) is 25.0 Å². The van der Waals surface area contributed by atoms with Crippen LogP contribution >= 0.6 is 0 Å². The van der Waals surface area contributed by atoms with E-state index < -0.39 is 15.4 Å². The predicted molar refractivity (Wildman–Crippen MR) is 120 cm³/mol. The highest BCUT2D eigenvalue weighted by Gasteiger charge is 2.51. The molecule has 8 nitrogen and oxygen atoms in total. The van der Waals surface area contributed by atoms with Gasteiger partial charge in [0.2, 0.25) is 5.91 Å². The molecule has 172 valence electrons. The third-order valence-corrected chi connectivity index (χ3v) is 7.43. The Labute approximate surface area is 188 Å². The van der Waals surface area contributed by atoms with Crippen LogP contribution in [-0.4, -0.2) is 47.8 Å². The summed E-state index contributed by atoms with van der Waals surface area (Å²) in [5.41, 5.74) is 0.773.